The molecule has 0 atom stereocenters. The highest BCUT2D eigenvalue weighted by Gasteiger charge is 2.22. The molecule has 0 radical (unpaired) electrons. The average molecular weight is 238 g/mol. The molecule has 1 aromatic carbocycles. The largest absolute Gasteiger partial charge is 0.274 e. The number of fused-ring (bicyclic) bond motifs is 1. The Morgan fingerprint density at radius 3 is 2.88 bits per heavy atom. The smallest absolute Gasteiger partial charge is 0.273 e. The van der Waals surface area contributed by atoms with Crippen LogP contribution in [0.3, 0.4) is 0 Å². The van der Waals surface area contributed by atoms with E-state index in [2.05, 4.69) is 0 Å². The van der Waals surface area contributed by atoms with Gasteiger partial charge < -0.3 is 0 Å². The van der Waals surface area contributed by atoms with Gasteiger partial charge in [0.2, 0.25) is 0 Å². The zero-order chi connectivity index (χ0) is 11.7. The molecule has 1 aromatic rings. The maximum atomic E-state index is 11.8. The van der Waals surface area contributed by atoms with Crippen molar-refractivity contribution >= 4 is 23.6 Å². The molecule has 1 aliphatic carbocycles. The van der Waals surface area contributed by atoms with Gasteiger partial charge in [-0.25, -0.2) is 5.06 Å². The highest BCUT2D eigenvalue weighted by Crippen LogP contribution is 2.31. The molecular weight excluding hydrogens is 226 g/mol. The number of nitrogens with zero attached hydrogens (tertiary/aromatic N) is 1. The minimum absolute atomic E-state index is 0.130. The molecule has 16 heavy (non-hydrogen) atoms. The van der Waals surface area contributed by atoms with Crippen molar-refractivity contribution in [3.05, 3.63) is 39.9 Å². The summed E-state index contributed by atoms with van der Waals surface area (Å²) in [6, 6.07) is 5.69. The predicted octanol–water partition coefficient (Wildman–Crippen LogP) is 2.30. The summed E-state index contributed by atoms with van der Waals surface area (Å²) in [5.41, 5.74) is 2.73. The molecule has 4 heteroatoms. The zero-order valence-corrected chi connectivity index (χ0v) is 9.91. The van der Waals surface area contributed by atoms with Gasteiger partial charge in [-0.1, -0.05) is 23.7 Å². The Morgan fingerprint density at radius 1 is 1.50 bits per heavy atom. The maximum Gasteiger partial charge on any atom is 0.273 e. The highest BCUT2D eigenvalue weighted by molar-refractivity contribution is 6.32. The molecule has 0 bridgehead atoms. The molecular formula is C12H12ClNO2. The third kappa shape index (κ3) is 1.84. The van der Waals surface area contributed by atoms with Gasteiger partial charge in [0, 0.05) is 24.1 Å². The molecule has 3 nitrogen and oxygen atoms in total. The average Bonchev–Trinajstić information content (AvgIpc) is 2.72. The summed E-state index contributed by atoms with van der Waals surface area (Å²) in [5.74, 6) is -0.130. The van der Waals surface area contributed by atoms with Crippen molar-refractivity contribution in [3.8, 4) is 0 Å². The number of rotatable bonds is 2. The lowest BCUT2D eigenvalue weighted by Gasteiger charge is -2.13. The van der Waals surface area contributed by atoms with E-state index in [0.29, 0.717) is 17.0 Å². The number of benzene rings is 1. The van der Waals surface area contributed by atoms with E-state index in [9.17, 15) is 4.79 Å². The summed E-state index contributed by atoms with van der Waals surface area (Å²) in [6.07, 6.45) is 2.44. The minimum atomic E-state index is -0.130. The Morgan fingerprint density at radius 2 is 2.25 bits per heavy atom. The van der Waals surface area contributed by atoms with Gasteiger partial charge in [-0.15, -0.1) is 0 Å². The summed E-state index contributed by atoms with van der Waals surface area (Å²) in [7, 11) is 3.06. The van der Waals surface area contributed by atoms with Crippen LogP contribution in [0.15, 0.2) is 23.8 Å². The van der Waals surface area contributed by atoms with Gasteiger partial charge >= 0.3 is 0 Å². The van der Waals surface area contributed by atoms with Crippen LogP contribution < -0.4 is 0 Å². The van der Waals surface area contributed by atoms with Crippen LogP contribution in [0.25, 0.3) is 6.08 Å². The van der Waals surface area contributed by atoms with Gasteiger partial charge in [-0.3, -0.25) is 9.63 Å². The van der Waals surface area contributed by atoms with Crippen molar-refractivity contribution in [1.29, 1.82) is 0 Å². The Balaban J connectivity index is 2.29. The van der Waals surface area contributed by atoms with Gasteiger partial charge in [0.15, 0.2) is 0 Å². The first-order valence-electron chi connectivity index (χ1n) is 4.93. The van der Waals surface area contributed by atoms with E-state index < -0.39 is 0 Å². The van der Waals surface area contributed by atoms with Crippen LogP contribution in [0.5, 0.6) is 0 Å². The Kier molecular flexibility index (Phi) is 2.99. The van der Waals surface area contributed by atoms with Crippen molar-refractivity contribution in [2.24, 2.45) is 0 Å². The Bertz CT molecular complexity index is 468. The normalized spacial score (nSPS) is 13.3. The van der Waals surface area contributed by atoms with Crippen molar-refractivity contribution < 1.29 is 9.63 Å². The summed E-state index contributed by atoms with van der Waals surface area (Å²) in [5, 5.41) is 1.89. The molecule has 2 rings (SSSR count). The van der Waals surface area contributed by atoms with Gasteiger partial charge in [0.25, 0.3) is 5.91 Å². The SMILES string of the molecule is CON(C)C(=O)C1=Cc2c(Cl)cccc2C1. The summed E-state index contributed by atoms with van der Waals surface area (Å²) < 4.78 is 0. The van der Waals surface area contributed by atoms with Crippen LogP contribution in [0.4, 0.5) is 0 Å². The Hall–Kier alpha value is -1.32. The Labute approximate surface area is 99.2 Å². The molecule has 0 saturated carbocycles. The van der Waals surface area contributed by atoms with Crippen LogP contribution in [-0.4, -0.2) is 25.1 Å². The van der Waals surface area contributed by atoms with E-state index in [-0.39, 0.29) is 5.91 Å². The predicted molar refractivity (Wildman–Crippen MR) is 62.9 cm³/mol. The lowest BCUT2D eigenvalue weighted by atomic mass is 10.1. The van der Waals surface area contributed by atoms with E-state index in [1.165, 1.54) is 12.2 Å². The number of carbonyl (C=O) groups is 1. The lowest BCUT2D eigenvalue weighted by Crippen LogP contribution is -2.26. The van der Waals surface area contributed by atoms with Crippen LogP contribution in [-0.2, 0) is 16.1 Å². The third-order valence-electron chi connectivity index (χ3n) is 2.68. The molecule has 0 spiro atoms. The number of hydrogen-bond donors (Lipinski definition) is 0. The van der Waals surface area contributed by atoms with E-state index in [1.807, 2.05) is 24.3 Å². The molecule has 0 N–H and O–H groups in total. The molecule has 1 amide bonds. The molecule has 0 aliphatic heterocycles. The standard InChI is InChI=1S/C12H12ClNO2/c1-14(16-2)12(15)9-6-8-4-3-5-11(13)10(8)7-9/h3-5,7H,6H2,1-2H3. The van der Waals surface area contributed by atoms with E-state index in [0.717, 1.165) is 11.1 Å². The monoisotopic (exact) mass is 237 g/mol. The minimum Gasteiger partial charge on any atom is -0.274 e. The second kappa shape index (κ2) is 4.28. The number of halogens is 1. The summed E-state index contributed by atoms with van der Waals surface area (Å²) in [6.45, 7) is 0. The van der Waals surface area contributed by atoms with Crippen LogP contribution in [0, 0.1) is 0 Å². The fraction of sp³-hybridized carbons (Fsp3) is 0.250. The molecule has 0 heterocycles. The first-order chi connectivity index (χ1) is 7.63. The van der Waals surface area contributed by atoms with Crippen molar-refractivity contribution in [3.63, 3.8) is 0 Å². The van der Waals surface area contributed by atoms with Gasteiger partial charge in [-0.05, 0) is 23.3 Å². The number of hydroxylamine groups is 2. The number of likely N-dealkylation sites (N-methyl/N-ethyl adjacent to an activating group) is 1. The first kappa shape index (κ1) is 11.2. The second-order valence-electron chi connectivity index (χ2n) is 3.64. The molecule has 0 fully saturated rings. The van der Waals surface area contributed by atoms with Crippen molar-refractivity contribution in [2.75, 3.05) is 14.2 Å². The molecule has 84 valence electrons. The van der Waals surface area contributed by atoms with Crippen molar-refractivity contribution in [1.82, 2.24) is 5.06 Å². The topological polar surface area (TPSA) is 29.5 Å². The number of hydrogen-bond acceptors (Lipinski definition) is 2. The van der Waals surface area contributed by atoms with Gasteiger partial charge in [0.1, 0.15) is 0 Å². The van der Waals surface area contributed by atoms with Crippen LogP contribution >= 0.6 is 11.6 Å². The van der Waals surface area contributed by atoms with Crippen LogP contribution in [0.2, 0.25) is 5.02 Å². The maximum absolute atomic E-state index is 11.8. The fourth-order valence-electron chi connectivity index (χ4n) is 1.75. The van der Waals surface area contributed by atoms with Gasteiger partial charge in [-0.2, -0.15) is 0 Å². The van der Waals surface area contributed by atoms with E-state index >= 15 is 0 Å². The molecule has 0 saturated heterocycles. The third-order valence-corrected chi connectivity index (χ3v) is 3.01. The fourth-order valence-corrected chi connectivity index (χ4v) is 2.00. The van der Waals surface area contributed by atoms with Crippen LogP contribution in [0.1, 0.15) is 11.1 Å². The van der Waals surface area contributed by atoms with E-state index in [4.69, 9.17) is 16.4 Å². The summed E-state index contributed by atoms with van der Waals surface area (Å²) >= 11 is 6.05. The number of amides is 1. The van der Waals surface area contributed by atoms with Gasteiger partial charge in [0.05, 0.1) is 7.11 Å². The molecule has 0 aromatic heterocycles. The highest BCUT2D eigenvalue weighted by atomic mass is 35.5. The summed E-state index contributed by atoms with van der Waals surface area (Å²) in [4.78, 5) is 16.7. The molecule has 0 unspecified atom stereocenters. The van der Waals surface area contributed by atoms with Crippen molar-refractivity contribution in [2.45, 2.75) is 6.42 Å². The molecule has 1 aliphatic rings. The lowest BCUT2D eigenvalue weighted by molar-refractivity contribution is -0.163. The first-order valence-corrected chi connectivity index (χ1v) is 5.31. The number of carbonyl (C=O) groups excluding carboxylic acids is 1. The van der Waals surface area contributed by atoms with E-state index in [1.54, 1.807) is 7.05 Å². The zero-order valence-electron chi connectivity index (χ0n) is 9.16. The second-order valence-corrected chi connectivity index (χ2v) is 4.05. The quantitative estimate of drug-likeness (QED) is 0.739.